The number of hydrogen-bond donors (Lipinski definition) is 0. The fourth-order valence-electron chi connectivity index (χ4n) is 1.62. The number of thiocarbonyl (C=S) groups is 1. The first kappa shape index (κ1) is 7.82. The summed E-state index contributed by atoms with van der Waals surface area (Å²) in [6.45, 7) is 0.489. The van der Waals surface area contributed by atoms with Gasteiger partial charge in [0.25, 0.3) is 0 Å². The van der Waals surface area contributed by atoms with E-state index in [1.54, 1.807) is 6.21 Å². The summed E-state index contributed by atoms with van der Waals surface area (Å²) in [5.74, 6) is 0.818. The van der Waals surface area contributed by atoms with Crippen molar-refractivity contribution in [3.05, 3.63) is 28.8 Å². The van der Waals surface area contributed by atoms with Gasteiger partial charge in [-0.2, -0.15) is 0 Å². The molecule has 0 atom stereocenters. The van der Waals surface area contributed by atoms with Crippen LogP contribution in [0.3, 0.4) is 0 Å². The molecule has 1 aromatic carbocycles. The van der Waals surface area contributed by atoms with Gasteiger partial charge in [-0.05, 0) is 12.1 Å². The van der Waals surface area contributed by atoms with Gasteiger partial charge in [-0.25, -0.2) is 4.99 Å². The minimum absolute atomic E-state index is 0.489. The average Bonchev–Trinajstić information content (AvgIpc) is 2.39. The molecule has 0 saturated carbocycles. The Bertz CT molecular complexity index is 574. The summed E-state index contributed by atoms with van der Waals surface area (Å²) in [5.41, 5.74) is 0.767. The van der Waals surface area contributed by atoms with E-state index in [-0.39, 0.29) is 0 Å². The molecule has 3 rings (SSSR count). The van der Waals surface area contributed by atoms with E-state index < -0.39 is 0 Å². The third-order valence-electron chi connectivity index (χ3n) is 2.20. The fourth-order valence-corrected chi connectivity index (χ4v) is 1.87. The van der Waals surface area contributed by atoms with E-state index in [0.29, 0.717) is 11.6 Å². The molecule has 0 radical (unpaired) electrons. The molecule has 0 aromatic heterocycles. The van der Waals surface area contributed by atoms with Crippen LogP contribution in [0.4, 0.5) is 0 Å². The summed E-state index contributed by atoms with van der Waals surface area (Å²) in [5, 5.41) is 1.80. The van der Waals surface area contributed by atoms with Crippen LogP contribution in [0.2, 0.25) is 0 Å². The van der Waals surface area contributed by atoms with Crippen molar-refractivity contribution >= 4 is 29.1 Å². The summed E-state index contributed by atoms with van der Waals surface area (Å²) in [6, 6.07) is 5.74. The SMILES string of the molecule is S=C1N=c2cccc3c2=C1N=CCO3. The molecular weight excluding hydrogens is 196 g/mol. The van der Waals surface area contributed by atoms with Crippen molar-refractivity contribution in [1.29, 1.82) is 0 Å². The van der Waals surface area contributed by atoms with Gasteiger partial charge in [-0.1, -0.05) is 18.3 Å². The van der Waals surface area contributed by atoms with Crippen LogP contribution in [-0.2, 0) is 0 Å². The van der Waals surface area contributed by atoms with Gasteiger partial charge < -0.3 is 4.74 Å². The van der Waals surface area contributed by atoms with Gasteiger partial charge in [0.15, 0.2) is 4.99 Å². The summed E-state index contributed by atoms with van der Waals surface area (Å²) in [7, 11) is 0. The topological polar surface area (TPSA) is 34.0 Å². The van der Waals surface area contributed by atoms with Gasteiger partial charge in [0, 0.05) is 6.21 Å². The zero-order valence-corrected chi connectivity index (χ0v) is 8.04. The van der Waals surface area contributed by atoms with Crippen LogP contribution >= 0.6 is 12.2 Å². The van der Waals surface area contributed by atoms with Crippen LogP contribution in [0.25, 0.3) is 5.70 Å². The quantitative estimate of drug-likeness (QED) is 0.564. The lowest BCUT2D eigenvalue weighted by Crippen LogP contribution is -2.24. The largest absolute Gasteiger partial charge is 0.487 e. The number of aliphatic imine (C=N–C) groups is 1. The van der Waals surface area contributed by atoms with E-state index >= 15 is 0 Å². The summed E-state index contributed by atoms with van der Waals surface area (Å²) in [6.07, 6.45) is 1.71. The van der Waals surface area contributed by atoms with E-state index in [1.807, 2.05) is 18.2 Å². The third kappa shape index (κ3) is 0.943. The van der Waals surface area contributed by atoms with E-state index in [4.69, 9.17) is 17.0 Å². The van der Waals surface area contributed by atoms with Crippen LogP contribution in [0, 0.1) is 0 Å². The highest BCUT2D eigenvalue weighted by molar-refractivity contribution is 7.81. The first-order chi connectivity index (χ1) is 6.86. The van der Waals surface area contributed by atoms with Gasteiger partial charge in [0.2, 0.25) is 0 Å². The summed E-state index contributed by atoms with van der Waals surface area (Å²) >= 11 is 5.13. The van der Waals surface area contributed by atoms with Gasteiger partial charge in [-0.3, -0.25) is 4.99 Å². The smallest absolute Gasteiger partial charge is 0.153 e. The predicted molar refractivity (Wildman–Crippen MR) is 57.2 cm³/mol. The maximum absolute atomic E-state index is 5.50. The zero-order chi connectivity index (χ0) is 9.54. The molecule has 0 fully saturated rings. The third-order valence-corrected chi connectivity index (χ3v) is 2.48. The molecule has 14 heavy (non-hydrogen) atoms. The van der Waals surface area contributed by atoms with E-state index in [9.17, 15) is 0 Å². The molecule has 4 heteroatoms. The Kier molecular flexibility index (Phi) is 1.52. The molecule has 0 N–H and O–H groups in total. The molecule has 3 nitrogen and oxygen atoms in total. The van der Waals surface area contributed by atoms with Crippen LogP contribution in [0.5, 0.6) is 5.75 Å². The number of ether oxygens (including phenoxy) is 1. The van der Waals surface area contributed by atoms with Crippen molar-refractivity contribution in [2.75, 3.05) is 6.61 Å². The van der Waals surface area contributed by atoms with Gasteiger partial charge in [0.05, 0.1) is 10.6 Å². The van der Waals surface area contributed by atoms with Crippen LogP contribution in [-0.4, -0.2) is 17.8 Å². The molecule has 0 aliphatic carbocycles. The summed E-state index contributed by atoms with van der Waals surface area (Å²) in [4.78, 5) is 9.05. The molecule has 0 amide bonds. The molecule has 0 saturated heterocycles. The molecule has 0 unspecified atom stereocenters. The maximum atomic E-state index is 5.50. The first-order valence-electron chi connectivity index (χ1n) is 4.28. The highest BCUT2D eigenvalue weighted by atomic mass is 32.1. The van der Waals surface area contributed by atoms with Crippen molar-refractivity contribution in [2.45, 2.75) is 0 Å². The van der Waals surface area contributed by atoms with E-state index in [0.717, 1.165) is 22.0 Å². The lowest BCUT2D eigenvalue weighted by atomic mass is 10.2. The van der Waals surface area contributed by atoms with Crippen LogP contribution < -0.4 is 15.3 Å². The monoisotopic (exact) mass is 202 g/mol. The zero-order valence-electron chi connectivity index (χ0n) is 7.23. The Labute approximate surface area is 85.5 Å². The second kappa shape index (κ2) is 2.72. The molecule has 2 aliphatic heterocycles. The van der Waals surface area contributed by atoms with Crippen molar-refractivity contribution in [3.63, 3.8) is 0 Å². The number of hydrogen-bond acceptors (Lipinski definition) is 3. The van der Waals surface area contributed by atoms with Crippen molar-refractivity contribution in [3.8, 4) is 5.75 Å². The molecule has 0 bridgehead atoms. The van der Waals surface area contributed by atoms with Gasteiger partial charge >= 0.3 is 0 Å². The first-order valence-corrected chi connectivity index (χ1v) is 4.69. The number of rotatable bonds is 0. The lowest BCUT2D eigenvalue weighted by molar-refractivity contribution is 0.378. The van der Waals surface area contributed by atoms with Gasteiger partial charge in [-0.15, -0.1) is 0 Å². The Morgan fingerprint density at radius 3 is 3.21 bits per heavy atom. The minimum atomic E-state index is 0.489. The van der Waals surface area contributed by atoms with Crippen molar-refractivity contribution in [2.24, 2.45) is 9.98 Å². The Balaban J connectivity index is 2.55. The highest BCUT2D eigenvalue weighted by Gasteiger charge is 2.16. The minimum Gasteiger partial charge on any atom is -0.487 e. The molecule has 2 heterocycles. The standard InChI is InChI=1S/C10H6N2OS/c14-10-9-8-6(12-10)2-1-3-7(8)13-5-4-11-9/h1-4H,5H2. The Morgan fingerprint density at radius 2 is 2.29 bits per heavy atom. The van der Waals surface area contributed by atoms with E-state index in [1.165, 1.54) is 0 Å². The molecule has 0 spiro atoms. The lowest BCUT2D eigenvalue weighted by Gasteiger charge is -1.99. The van der Waals surface area contributed by atoms with E-state index in [2.05, 4.69) is 9.98 Å². The normalized spacial score (nSPS) is 17.1. The predicted octanol–water partition coefficient (Wildman–Crippen LogP) is 0.219. The molecular formula is C10H6N2OS. The van der Waals surface area contributed by atoms with Crippen LogP contribution in [0.15, 0.2) is 28.2 Å². The fraction of sp³-hybridized carbons (Fsp3) is 0.100. The second-order valence-electron chi connectivity index (χ2n) is 3.04. The molecule has 1 aromatic rings. The highest BCUT2D eigenvalue weighted by Crippen LogP contribution is 2.11. The maximum Gasteiger partial charge on any atom is 0.153 e. The van der Waals surface area contributed by atoms with Crippen molar-refractivity contribution in [1.82, 2.24) is 0 Å². The Hall–Kier alpha value is -1.55. The number of nitrogens with zero attached hydrogens (tertiary/aromatic N) is 2. The van der Waals surface area contributed by atoms with Crippen molar-refractivity contribution < 1.29 is 4.74 Å². The Morgan fingerprint density at radius 1 is 1.36 bits per heavy atom. The summed E-state index contributed by atoms with van der Waals surface area (Å²) < 4.78 is 5.50. The molecule has 68 valence electrons. The molecule has 2 aliphatic rings. The number of benzene rings is 1. The average molecular weight is 202 g/mol. The second-order valence-corrected chi connectivity index (χ2v) is 3.43. The van der Waals surface area contributed by atoms with Crippen LogP contribution in [0.1, 0.15) is 0 Å². The van der Waals surface area contributed by atoms with Gasteiger partial charge in [0.1, 0.15) is 18.1 Å².